The molecule has 1 saturated heterocycles. The maximum atomic E-state index is 12.0. The van der Waals surface area contributed by atoms with Crippen LogP contribution in [-0.2, 0) is 23.7 Å². The maximum Gasteiger partial charge on any atom is 0.385 e. The van der Waals surface area contributed by atoms with Gasteiger partial charge in [-0.15, -0.1) is 0 Å². The molecule has 0 aromatic heterocycles. The van der Waals surface area contributed by atoms with Crippen LogP contribution in [0.4, 0.5) is 5.69 Å². The fourth-order valence-electron chi connectivity index (χ4n) is 3.18. The molecule has 34 heavy (non-hydrogen) atoms. The van der Waals surface area contributed by atoms with Gasteiger partial charge in [-0.05, 0) is 12.1 Å². The predicted molar refractivity (Wildman–Crippen MR) is 116 cm³/mol. The van der Waals surface area contributed by atoms with E-state index in [9.17, 15) is 24.9 Å². The van der Waals surface area contributed by atoms with Gasteiger partial charge in [0.2, 0.25) is 11.3 Å². The molecule has 1 aliphatic heterocycles. The number of aliphatic hydroxyl groups is 3. The molecule has 0 spiro atoms. The summed E-state index contributed by atoms with van der Waals surface area (Å²) in [7, 11) is 0. The Labute approximate surface area is 196 Å². The number of ether oxygens (including phenoxy) is 4. The number of hydrogen-bond acceptors (Lipinski definition) is 10. The van der Waals surface area contributed by atoms with Crippen LogP contribution < -0.4 is 10.6 Å². The van der Waals surface area contributed by atoms with Crippen molar-refractivity contribution in [3.63, 3.8) is 0 Å². The van der Waals surface area contributed by atoms with E-state index in [4.69, 9.17) is 24.3 Å². The number of diazo groups is 1. The molecule has 1 fully saturated rings. The second-order valence-corrected chi connectivity index (χ2v) is 7.43. The zero-order valence-corrected chi connectivity index (χ0v) is 18.8. The van der Waals surface area contributed by atoms with Crippen LogP contribution in [0, 0.1) is 5.39 Å². The van der Waals surface area contributed by atoms with E-state index in [1.807, 2.05) is 0 Å². The fraction of sp³-hybridized carbons (Fsp3) is 0.619. The van der Waals surface area contributed by atoms with Gasteiger partial charge in [-0.1, -0.05) is 0 Å². The Bertz CT molecular complexity index is 817. The number of amides is 2. The molecule has 1 aromatic rings. The van der Waals surface area contributed by atoms with Crippen LogP contribution in [0.15, 0.2) is 24.3 Å². The second kappa shape index (κ2) is 14.5. The second-order valence-electron chi connectivity index (χ2n) is 7.43. The number of carbonyl (C=O) groups is 2. The third-order valence-corrected chi connectivity index (χ3v) is 4.91. The van der Waals surface area contributed by atoms with Crippen molar-refractivity contribution in [2.45, 2.75) is 37.6 Å². The summed E-state index contributed by atoms with van der Waals surface area (Å²) in [5.41, 5.74) is 0.792. The Morgan fingerprint density at radius 2 is 1.71 bits per heavy atom. The molecule has 0 radical (unpaired) electrons. The van der Waals surface area contributed by atoms with Gasteiger partial charge in [0.1, 0.15) is 24.4 Å². The van der Waals surface area contributed by atoms with Crippen molar-refractivity contribution in [2.75, 3.05) is 46.2 Å². The predicted octanol–water partition coefficient (Wildman–Crippen LogP) is -1.11. The van der Waals surface area contributed by atoms with Crippen LogP contribution in [0.25, 0.3) is 4.98 Å². The average Bonchev–Trinajstić information content (AvgIpc) is 2.84. The van der Waals surface area contributed by atoms with Crippen LogP contribution in [-0.4, -0.2) is 104 Å². The molecule has 2 amide bonds. The molecule has 1 heterocycles. The van der Waals surface area contributed by atoms with E-state index < -0.39 is 43.2 Å². The van der Waals surface area contributed by atoms with Gasteiger partial charge < -0.3 is 44.9 Å². The quantitative estimate of drug-likeness (QED) is 0.170. The van der Waals surface area contributed by atoms with E-state index >= 15 is 0 Å². The molecule has 0 saturated carbocycles. The first-order valence-corrected chi connectivity index (χ1v) is 10.8. The van der Waals surface area contributed by atoms with Crippen molar-refractivity contribution < 1.29 is 43.9 Å². The number of hydrogen-bond donors (Lipinski definition) is 5. The van der Waals surface area contributed by atoms with E-state index in [-0.39, 0.29) is 38.9 Å². The monoisotopic (exact) mass is 483 g/mol. The molecular weight excluding hydrogens is 452 g/mol. The minimum Gasteiger partial charge on any atom is -0.394 e. The number of nitrogens with one attached hydrogen (secondary N) is 2. The highest BCUT2D eigenvalue weighted by atomic mass is 16.7. The molecular formula is C21H31N4O9+. The SMILES string of the molecule is CC(=O)NC1[C@H](OCCOCCOCCNC(=O)c2ccc([N+]#N)cc2)OC(CO)[C@H](O)[C@@H]1O. The summed E-state index contributed by atoms with van der Waals surface area (Å²) < 4.78 is 21.7. The summed E-state index contributed by atoms with van der Waals surface area (Å²) in [5, 5.41) is 43.3. The molecule has 5 N–H and O–H groups in total. The number of rotatable bonds is 13. The lowest BCUT2D eigenvalue weighted by Gasteiger charge is -2.42. The van der Waals surface area contributed by atoms with Crippen LogP contribution in [0.1, 0.15) is 17.3 Å². The highest BCUT2D eigenvalue weighted by molar-refractivity contribution is 5.94. The lowest BCUT2D eigenvalue weighted by atomic mass is 9.97. The molecule has 5 atom stereocenters. The highest BCUT2D eigenvalue weighted by Gasteiger charge is 2.45. The number of benzene rings is 1. The third kappa shape index (κ3) is 8.58. The molecule has 2 unspecified atom stereocenters. The largest absolute Gasteiger partial charge is 0.394 e. The molecule has 188 valence electrons. The first kappa shape index (κ1) is 27.5. The summed E-state index contributed by atoms with van der Waals surface area (Å²) in [6.45, 7) is 2.12. The first-order valence-electron chi connectivity index (χ1n) is 10.8. The fourth-order valence-corrected chi connectivity index (χ4v) is 3.18. The molecule has 0 aliphatic carbocycles. The molecule has 1 aliphatic rings. The van der Waals surface area contributed by atoms with Crippen LogP contribution in [0.5, 0.6) is 0 Å². The highest BCUT2D eigenvalue weighted by Crippen LogP contribution is 2.22. The average molecular weight is 483 g/mol. The topological polar surface area (TPSA) is 184 Å². The number of aliphatic hydroxyl groups excluding tert-OH is 3. The van der Waals surface area contributed by atoms with Crippen molar-refractivity contribution in [3.05, 3.63) is 34.8 Å². The van der Waals surface area contributed by atoms with Gasteiger partial charge in [0.25, 0.3) is 5.91 Å². The van der Waals surface area contributed by atoms with E-state index in [2.05, 4.69) is 15.6 Å². The van der Waals surface area contributed by atoms with Crippen molar-refractivity contribution in [1.82, 2.24) is 10.6 Å². The zero-order chi connectivity index (χ0) is 24.9. The van der Waals surface area contributed by atoms with Crippen LogP contribution >= 0.6 is 0 Å². The maximum absolute atomic E-state index is 12.0. The number of carbonyl (C=O) groups excluding carboxylic acids is 2. The smallest absolute Gasteiger partial charge is 0.385 e. The van der Waals surface area contributed by atoms with E-state index in [1.54, 1.807) is 12.1 Å². The summed E-state index contributed by atoms with van der Waals surface area (Å²) in [5.74, 6) is -0.707. The summed E-state index contributed by atoms with van der Waals surface area (Å²) >= 11 is 0. The zero-order valence-electron chi connectivity index (χ0n) is 18.8. The lowest BCUT2D eigenvalue weighted by Crippen LogP contribution is -2.64. The molecule has 1 aromatic carbocycles. The Morgan fingerprint density at radius 3 is 2.32 bits per heavy atom. The standard InChI is InChI=1S/C21H30N4O9/c1-13(27)24-17-19(29)18(28)16(12-26)34-21(17)33-11-10-32-9-8-31-7-6-23-20(30)14-2-4-15(25-22)5-3-14/h2-5,16-19,21,26,28-29H,6-12H2,1H3,(H-,23,24,27,30)/p+1/t16?,17?,18-,19+,21+/m0/s1. The lowest BCUT2D eigenvalue weighted by molar-refractivity contribution is -0.272. The Balaban J connectivity index is 1.57. The van der Waals surface area contributed by atoms with Crippen molar-refractivity contribution in [3.8, 4) is 0 Å². The van der Waals surface area contributed by atoms with Gasteiger partial charge in [0.05, 0.1) is 39.6 Å². The summed E-state index contributed by atoms with van der Waals surface area (Å²) in [4.78, 5) is 26.4. The van der Waals surface area contributed by atoms with Crippen molar-refractivity contribution in [2.24, 2.45) is 0 Å². The minimum atomic E-state index is -1.37. The van der Waals surface area contributed by atoms with Crippen LogP contribution in [0.2, 0.25) is 0 Å². The molecule has 13 heteroatoms. The van der Waals surface area contributed by atoms with Crippen molar-refractivity contribution in [1.29, 1.82) is 5.39 Å². The normalized spacial score (nSPS) is 24.3. The van der Waals surface area contributed by atoms with E-state index in [0.717, 1.165) is 0 Å². The van der Waals surface area contributed by atoms with E-state index in [1.165, 1.54) is 19.1 Å². The van der Waals surface area contributed by atoms with Gasteiger partial charge in [0, 0.05) is 31.2 Å². The Morgan fingerprint density at radius 1 is 1.06 bits per heavy atom. The third-order valence-electron chi connectivity index (χ3n) is 4.91. The summed E-state index contributed by atoms with van der Waals surface area (Å²) in [6, 6.07) is 5.12. The van der Waals surface area contributed by atoms with E-state index in [0.29, 0.717) is 17.8 Å². The Kier molecular flexibility index (Phi) is 11.8. The summed E-state index contributed by atoms with van der Waals surface area (Å²) in [6.07, 6.45) is -4.86. The van der Waals surface area contributed by atoms with Gasteiger partial charge in [0.15, 0.2) is 11.3 Å². The Hall–Kier alpha value is -2.70. The van der Waals surface area contributed by atoms with Gasteiger partial charge in [-0.3, -0.25) is 9.59 Å². The molecule has 2 rings (SSSR count). The first-order chi connectivity index (χ1) is 16.4. The minimum absolute atomic E-state index is 0.0696. The number of nitrogens with zero attached hydrogens (tertiary/aromatic N) is 2. The van der Waals surface area contributed by atoms with Gasteiger partial charge in [-0.2, -0.15) is 0 Å². The van der Waals surface area contributed by atoms with Crippen LogP contribution in [0.3, 0.4) is 0 Å². The van der Waals surface area contributed by atoms with Gasteiger partial charge >= 0.3 is 5.69 Å². The van der Waals surface area contributed by atoms with Crippen molar-refractivity contribution >= 4 is 17.5 Å². The molecule has 0 bridgehead atoms. The molecule has 13 nitrogen and oxygen atoms in total. The van der Waals surface area contributed by atoms with Gasteiger partial charge in [-0.25, -0.2) is 0 Å².